The second-order valence-electron chi connectivity index (χ2n) is 6.68. The second kappa shape index (κ2) is 6.72. The lowest BCUT2D eigenvalue weighted by Crippen LogP contribution is -2.43. The molecule has 2 aliphatic heterocycles. The lowest BCUT2D eigenvalue weighted by Gasteiger charge is -2.39. The first-order valence-corrected chi connectivity index (χ1v) is 9.28. The number of aryl methyl sites for hydroxylation is 2. The van der Waals surface area contributed by atoms with Crippen LogP contribution in [-0.2, 0) is 11.2 Å². The number of aliphatic hydroxyl groups excluding tert-OH is 1. The molecule has 2 nitrogen and oxygen atoms in total. The number of rotatable bonds is 4. The average Bonchev–Trinajstić information content (AvgIpc) is 2.93. The Bertz CT molecular complexity index is 468. The van der Waals surface area contributed by atoms with E-state index < -0.39 is 0 Å². The van der Waals surface area contributed by atoms with Crippen molar-refractivity contribution in [3.63, 3.8) is 0 Å². The van der Waals surface area contributed by atoms with Gasteiger partial charge in [0.1, 0.15) is 0 Å². The van der Waals surface area contributed by atoms with E-state index in [0.717, 1.165) is 38.0 Å². The van der Waals surface area contributed by atoms with Crippen LogP contribution < -0.4 is 0 Å². The predicted molar refractivity (Wildman–Crippen MR) is 88.9 cm³/mol. The Balaban J connectivity index is 1.54. The van der Waals surface area contributed by atoms with Gasteiger partial charge in [0.2, 0.25) is 0 Å². The molecule has 3 rings (SSSR count). The Hall–Kier alpha value is -0.510. The molecule has 0 amide bonds. The Morgan fingerprint density at radius 3 is 3.14 bits per heavy atom. The maximum atomic E-state index is 10.6. The van der Waals surface area contributed by atoms with Crippen molar-refractivity contribution in [2.24, 2.45) is 5.92 Å². The Morgan fingerprint density at radius 2 is 2.38 bits per heavy atom. The number of hydrogen-bond acceptors (Lipinski definition) is 3. The number of aliphatic hydroxyl groups is 1. The van der Waals surface area contributed by atoms with E-state index in [9.17, 15) is 5.11 Å². The topological polar surface area (TPSA) is 29.5 Å². The average molecular weight is 306 g/mol. The molecule has 1 spiro atoms. The third-order valence-electron chi connectivity index (χ3n) is 4.95. The van der Waals surface area contributed by atoms with Crippen LogP contribution in [0.2, 0.25) is 0 Å². The Kier molecular flexibility index (Phi) is 4.92. The van der Waals surface area contributed by atoms with Crippen LogP contribution in [0.15, 0.2) is 24.3 Å². The molecule has 0 aliphatic carbocycles. The summed E-state index contributed by atoms with van der Waals surface area (Å²) in [5.41, 5.74) is 2.72. The van der Waals surface area contributed by atoms with Crippen molar-refractivity contribution in [2.45, 2.75) is 50.7 Å². The highest BCUT2D eigenvalue weighted by molar-refractivity contribution is 7.99. The highest BCUT2D eigenvalue weighted by atomic mass is 32.2. The summed E-state index contributed by atoms with van der Waals surface area (Å²) in [6.45, 7) is 2.95. The molecule has 2 heterocycles. The summed E-state index contributed by atoms with van der Waals surface area (Å²) in [6.07, 6.45) is 4.89. The van der Waals surface area contributed by atoms with Gasteiger partial charge in [-0.3, -0.25) is 0 Å². The van der Waals surface area contributed by atoms with Gasteiger partial charge in [-0.25, -0.2) is 0 Å². The summed E-state index contributed by atoms with van der Waals surface area (Å²) >= 11 is 2.00. The lowest BCUT2D eigenvalue weighted by atomic mass is 9.81. The summed E-state index contributed by atoms with van der Waals surface area (Å²) in [4.78, 5) is 0. The minimum atomic E-state index is -0.183. The molecule has 3 atom stereocenters. The largest absolute Gasteiger partial charge is 0.393 e. The van der Waals surface area contributed by atoms with Crippen molar-refractivity contribution < 1.29 is 9.84 Å². The molecule has 116 valence electrons. The van der Waals surface area contributed by atoms with Gasteiger partial charge in [0.05, 0.1) is 11.7 Å². The molecule has 2 fully saturated rings. The van der Waals surface area contributed by atoms with Crippen molar-refractivity contribution in [2.75, 3.05) is 18.1 Å². The zero-order valence-electron chi connectivity index (χ0n) is 12.9. The normalized spacial score (nSPS) is 30.7. The fourth-order valence-electron chi connectivity index (χ4n) is 3.68. The molecule has 1 N–H and O–H groups in total. The fourth-order valence-corrected chi connectivity index (χ4v) is 5.05. The highest BCUT2D eigenvalue weighted by Gasteiger charge is 2.42. The van der Waals surface area contributed by atoms with Gasteiger partial charge < -0.3 is 9.84 Å². The molecule has 0 radical (unpaired) electrons. The van der Waals surface area contributed by atoms with Crippen molar-refractivity contribution >= 4 is 11.8 Å². The van der Waals surface area contributed by atoms with Gasteiger partial charge in [0.25, 0.3) is 0 Å². The first-order chi connectivity index (χ1) is 10.2. The number of benzene rings is 1. The first-order valence-electron chi connectivity index (χ1n) is 8.12. The van der Waals surface area contributed by atoms with Gasteiger partial charge in [0.15, 0.2) is 0 Å². The van der Waals surface area contributed by atoms with E-state index in [1.54, 1.807) is 0 Å². The summed E-state index contributed by atoms with van der Waals surface area (Å²) in [7, 11) is 0. The molecule has 0 saturated carbocycles. The van der Waals surface area contributed by atoms with Crippen LogP contribution in [0.25, 0.3) is 0 Å². The molecule has 0 aromatic heterocycles. The maximum Gasteiger partial charge on any atom is 0.0783 e. The summed E-state index contributed by atoms with van der Waals surface area (Å²) in [5.74, 6) is 2.75. The molecule has 1 aromatic rings. The molecular weight excluding hydrogens is 280 g/mol. The third-order valence-corrected chi connectivity index (χ3v) is 6.18. The number of hydrogen-bond donors (Lipinski definition) is 1. The zero-order valence-corrected chi connectivity index (χ0v) is 13.7. The van der Waals surface area contributed by atoms with E-state index in [1.807, 2.05) is 11.8 Å². The summed E-state index contributed by atoms with van der Waals surface area (Å²) < 4.78 is 6.05. The van der Waals surface area contributed by atoms with Gasteiger partial charge in [-0.05, 0) is 56.3 Å². The molecule has 2 aliphatic rings. The Morgan fingerprint density at radius 1 is 1.48 bits per heavy atom. The molecule has 3 unspecified atom stereocenters. The van der Waals surface area contributed by atoms with E-state index in [-0.39, 0.29) is 11.7 Å². The van der Waals surface area contributed by atoms with Gasteiger partial charge in [0, 0.05) is 12.4 Å². The quantitative estimate of drug-likeness (QED) is 0.922. The summed E-state index contributed by atoms with van der Waals surface area (Å²) in [5, 5.41) is 10.6. The molecule has 2 saturated heterocycles. The smallest absolute Gasteiger partial charge is 0.0783 e. The van der Waals surface area contributed by atoms with E-state index in [1.165, 1.54) is 23.3 Å². The lowest BCUT2D eigenvalue weighted by molar-refractivity contribution is -0.102. The minimum Gasteiger partial charge on any atom is -0.393 e. The maximum absolute atomic E-state index is 10.6. The molecule has 0 bridgehead atoms. The SMILES string of the molecule is Cc1cccc(CCC(O)C2CCOC3(CCSC3)C2)c1. The van der Waals surface area contributed by atoms with Crippen molar-refractivity contribution in [3.05, 3.63) is 35.4 Å². The van der Waals surface area contributed by atoms with Crippen molar-refractivity contribution in [3.8, 4) is 0 Å². The molecule has 21 heavy (non-hydrogen) atoms. The van der Waals surface area contributed by atoms with Crippen LogP contribution >= 0.6 is 11.8 Å². The molecular formula is C18H26O2S. The van der Waals surface area contributed by atoms with Crippen LogP contribution in [0, 0.1) is 12.8 Å². The van der Waals surface area contributed by atoms with Crippen LogP contribution in [0.5, 0.6) is 0 Å². The van der Waals surface area contributed by atoms with E-state index >= 15 is 0 Å². The van der Waals surface area contributed by atoms with Crippen LogP contribution in [0.3, 0.4) is 0 Å². The molecule has 3 heteroatoms. The standard InChI is InChI=1S/C18H26O2S/c1-14-3-2-4-15(11-14)5-6-17(19)16-7-9-20-18(12-16)8-10-21-13-18/h2-4,11,16-17,19H,5-10,12-13H2,1H3. The van der Waals surface area contributed by atoms with E-state index in [2.05, 4.69) is 31.2 Å². The summed E-state index contributed by atoms with van der Waals surface area (Å²) in [6, 6.07) is 8.63. The van der Waals surface area contributed by atoms with Gasteiger partial charge in [-0.2, -0.15) is 11.8 Å². The van der Waals surface area contributed by atoms with Crippen molar-refractivity contribution in [1.82, 2.24) is 0 Å². The monoisotopic (exact) mass is 306 g/mol. The number of ether oxygens (including phenoxy) is 1. The Labute approximate surface area is 132 Å². The zero-order chi connectivity index (χ0) is 14.7. The van der Waals surface area contributed by atoms with E-state index in [4.69, 9.17) is 4.74 Å². The highest BCUT2D eigenvalue weighted by Crippen LogP contribution is 2.41. The third kappa shape index (κ3) is 3.82. The van der Waals surface area contributed by atoms with Crippen LogP contribution in [0.1, 0.15) is 36.8 Å². The predicted octanol–water partition coefficient (Wildman–Crippen LogP) is 3.59. The van der Waals surface area contributed by atoms with Gasteiger partial charge in [-0.1, -0.05) is 29.8 Å². The van der Waals surface area contributed by atoms with Gasteiger partial charge in [-0.15, -0.1) is 0 Å². The minimum absolute atomic E-state index is 0.0812. The van der Waals surface area contributed by atoms with Crippen molar-refractivity contribution in [1.29, 1.82) is 0 Å². The first kappa shape index (κ1) is 15.4. The molecule has 1 aromatic carbocycles. The van der Waals surface area contributed by atoms with E-state index in [0.29, 0.717) is 5.92 Å². The van der Waals surface area contributed by atoms with Gasteiger partial charge >= 0.3 is 0 Å². The van der Waals surface area contributed by atoms with Crippen LogP contribution in [-0.4, -0.2) is 34.9 Å². The number of thioether (sulfide) groups is 1. The fraction of sp³-hybridized carbons (Fsp3) is 0.667. The second-order valence-corrected chi connectivity index (χ2v) is 7.79. The van der Waals surface area contributed by atoms with Crippen LogP contribution in [0.4, 0.5) is 0 Å².